The van der Waals surface area contributed by atoms with E-state index in [-0.39, 0.29) is 44.4 Å². The Balaban J connectivity index is 4.65. The topological polar surface area (TPSA) is 78.9 Å². The van der Waals surface area contributed by atoms with Crippen molar-refractivity contribution in [1.29, 1.82) is 0 Å². The molecule has 0 aromatic carbocycles. The molecule has 0 fully saturated rings. The fourth-order valence-electron chi connectivity index (χ4n) is 7.16. The molecular formula is C75H108O6. The van der Waals surface area contributed by atoms with E-state index in [1.165, 1.54) is 0 Å². The number of hydrogen-bond donors (Lipinski definition) is 0. The monoisotopic (exact) mass is 1100 g/mol. The maximum absolute atomic E-state index is 12.9. The largest absolute Gasteiger partial charge is 0.462 e. The van der Waals surface area contributed by atoms with Gasteiger partial charge in [0, 0.05) is 19.3 Å². The molecule has 6 nitrogen and oxygen atoms in total. The van der Waals surface area contributed by atoms with Gasteiger partial charge in [-0.1, -0.05) is 252 Å². The van der Waals surface area contributed by atoms with Crippen LogP contribution in [0.15, 0.2) is 231 Å². The molecule has 0 aliphatic rings. The lowest BCUT2D eigenvalue weighted by atomic mass is 10.2. The van der Waals surface area contributed by atoms with Crippen LogP contribution in [0, 0.1) is 0 Å². The van der Waals surface area contributed by atoms with Gasteiger partial charge >= 0.3 is 17.9 Å². The van der Waals surface area contributed by atoms with E-state index < -0.39 is 12.1 Å². The van der Waals surface area contributed by atoms with Gasteiger partial charge in [-0.25, -0.2) is 0 Å². The lowest BCUT2D eigenvalue weighted by Gasteiger charge is -2.18. The highest BCUT2D eigenvalue weighted by molar-refractivity contribution is 5.71. The molecule has 1 atom stereocenters. The van der Waals surface area contributed by atoms with Crippen LogP contribution in [0.4, 0.5) is 0 Å². The van der Waals surface area contributed by atoms with Crippen LogP contribution in [-0.4, -0.2) is 37.2 Å². The van der Waals surface area contributed by atoms with Crippen LogP contribution in [-0.2, 0) is 28.6 Å². The van der Waals surface area contributed by atoms with Crippen molar-refractivity contribution in [2.45, 2.75) is 207 Å². The number of ether oxygens (including phenoxy) is 3. The zero-order valence-electron chi connectivity index (χ0n) is 50.7. The van der Waals surface area contributed by atoms with E-state index in [1.54, 1.807) is 0 Å². The molecular weight excluding hydrogens is 997 g/mol. The number of rotatable bonds is 52. The average Bonchev–Trinajstić information content (AvgIpc) is 3.47. The second-order valence-corrected chi connectivity index (χ2v) is 19.1. The van der Waals surface area contributed by atoms with Gasteiger partial charge in [-0.3, -0.25) is 14.4 Å². The van der Waals surface area contributed by atoms with Crippen LogP contribution in [0.2, 0.25) is 0 Å². The summed E-state index contributed by atoms with van der Waals surface area (Å²) in [6.45, 7) is 6.12. The normalized spacial score (nSPS) is 13.8. The van der Waals surface area contributed by atoms with Crippen LogP contribution in [0.25, 0.3) is 0 Å². The highest BCUT2D eigenvalue weighted by Crippen LogP contribution is 2.09. The highest BCUT2D eigenvalue weighted by atomic mass is 16.6. The van der Waals surface area contributed by atoms with Crippen molar-refractivity contribution in [2.24, 2.45) is 0 Å². The number of carbonyl (C=O) groups excluding carboxylic acids is 3. The molecule has 0 heterocycles. The van der Waals surface area contributed by atoms with E-state index in [0.29, 0.717) is 19.3 Å². The molecule has 0 amide bonds. The molecule has 6 heteroatoms. The van der Waals surface area contributed by atoms with E-state index in [4.69, 9.17) is 14.2 Å². The zero-order chi connectivity index (χ0) is 58.5. The Kier molecular flexibility index (Phi) is 60.7. The summed E-state index contributed by atoms with van der Waals surface area (Å²) >= 11 is 0. The highest BCUT2D eigenvalue weighted by Gasteiger charge is 2.19. The van der Waals surface area contributed by atoms with E-state index in [1.807, 2.05) is 0 Å². The summed E-state index contributed by atoms with van der Waals surface area (Å²) in [5, 5.41) is 0. The first-order valence-electron chi connectivity index (χ1n) is 30.9. The molecule has 81 heavy (non-hydrogen) atoms. The lowest BCUT2D eigenvalue weighted by Crippen LogP contribution is -2.30. The van der Waals surface area contributed by atoms with Crippen molar-refractivity contribution >= 4 is 17.9 Å². The standard InChI is InChI=1S/C75H108O6/c1-4-7-10-13-16-19-22-25-28-31-32-33-34-35-36-37-38-39-40-41-42-45-47-50-53-56-59-62-65-68-74(77)80-71-72(81-75(78)69-66-63-60-57-54-51-48-44-30-27-24-21-18-15-12-9-6-3)70-79-73(76)67-64-61-58-55-52-49-46-43-29-26-23-20-17-14-11-8-5-2/h7-12,16-21,25-30,32-33,35-36,38-39,41-42,46-51,55-60,72H,4-6,13-15,22-24,31,34,37,40,43-45,52-54,61-71H2,1-3H3/b10-7-,11-8-,12-9-,19-16-,20-17-,21-18-,28-25-,29-26-,30-27-,33-32-,36-35-,39-38-,42-41-,49-46-,50-47-,51-48-,58-55-,59-56-,60-57-. The van der Waals surface area contributed by atoms with Gasteiger partial charge in [-0.05, 0) is 161 Å². The fourth-order valence-corrected chi connectivity index (χ4v) is 7.16. The molecule has 0 radical (unpaired) electrons. The van der Waals surface area contributed by atoms with E-state index in [0.717, 1.165) is 141 Å². The third-order valence-corrected chi connectivity index (χ3v) is 11.6. The fraction of sp³-hybridized carbons (Fsp3) is 0.453. The van der Waals surface area contributed by atoms with Crippen LogP contribution in [0.5, 0.6) is 0 Å². The first kappa shape index (κ1) is 74.5. The van der Waals surface area contributed by atoms with Crippen LogP contribution < -0.4 is 0 Å². The third-order valence-electron chi connectivity index (χ3n) is 11.6. The summed E-state index contributed by atoms with van der Waals surface area (Å²) < 4.78 is 16.7. The number of hydrogen-bond acceptors (Lipinski definition) is 6. The maximum Gasteiger partial charge on any atom is 0.306 e. The van der Waals surface area contributed by atoms with E-state index in [9.17, 15) is 14.4 Å². The van der Waals surface area contributed by atoms with E-state index >= 15 is 0 Å². The van der Waals surface area contributed by atoms with Crippen molar-refractivity contribution in [1.82, 2.24) is 0 Å². The second kappa shape index (κ2) is 66.0. The number of unbranched alkanes of at least 4 members (excludes halogenated alkanes) is 3. The lowest BCUT2D eigenvalue weighted by molar-refractivity contribution is -0.166. The summed E-state index contributed by atoms with van der Waals surface area (Å²) in [5.74, 6) is -1.15. The maximum atomic E-state index is 12.9. The number of allylic oxidation sites excluding steroid dienone is 38. The minimum absolute atomic E-state index is 0.163. The quantitative estimate of drug-likeness (QED) is 0.0261. The summed E-state index contributed by atoms with van der Waals surface area (Å²) in [4.78, 5) is 38.2. The molecule has 0 spiro atoms. The SMILES string of the molecule is CC/C=C\C/C=C\C/C=C\C/C=C\C/C=C\C/C=C\C/C=C\C/C=C\C/C=C\CCCC(=O)OCC(COC(=O)CCC/C=C\C/C=C\C/C=C\C/C=C\C/C=C\CC)OC(=O)CCC/C=C\C/C=C\C/C=C\C/C=C\C/C=C\CC. The van der Waals surface area contributed by atoms with Crippen molar-refractivity contribution in [3.63, 3.8) is 0 Å². The van der Waals surface area contributed by atoms with Gasteiger partial charge in [0.15, 0.2) is 6.10 Å². The molecule has 0 aliphatic heterocycles. The van der Waals surface area contributed by atoms with Gasteiger partial charge in [0.1, 0.15) is 13.2 Å². The Morgan fingerprint density at radius 2 is 0.420 bits per heavy atom. The molecule has 444 valence electrons. The van der Waals surface area contributed by atoms with Gasteiger partial charge in [-0.2, -0.15) is 0 Å². The average molecular weight is 1110 g/mol. The van der Waals surface area contributed by atoms with Gasteiger partial charge < -0.3 is 14.2 Å². The predicted molar refractivity (Wildman–Crippen MR) is 352 cm³/mol. The molecule has 0 rings (SSSR count). The van der Waals surface area contributed by atoms with Gasteiger partial charge in [0.05, 0.1) is 0 Å². The van der Waals surface area contributed by atoms with Crippen molar-refractivity contribution in [2.75, 3.05) is 13.2 Å². The Hall–Kier alpha value is -6.53. The van der Waals surface area contributed by atoms with Crippen molar-refractivity contribution < 1.29 is 28.6 Å². The van der Waals surface area contributed by atoms with Crippen LogP contribution >= 0.6 is 0 Å². The minimum Gasteiger partial charge on any atom is -0.462 e. The molecule has 0 aromatic heterocycles. The summed E-state index contributed by atoms with van der Waals surface area (Å²) in [6.07, 6.45) is 105. The zero-order valence-corrected chi connectivity index (χ0v) is 50.7. The molecule has 0 aromatic rings. The Morgan fingerprint density at radius 3 is 0.617 bits per heavy atom. The molecule has 0 aliphatic carbocycles. The molecule has 0 bridgehead atoms. The number of esters is 3. The van der Waals surface area contributed by atoms with Crippen LogP contribution in [0.1, 0.15) is 201 Å². The predicted octanol–water partition coefficient (Wildman–Crippen LogP) is 21.5. The minimum atomic E-state index is -0.872. The van der Waals surface area contributed by atoms with Crippen molar-refractivity contribution in [3.8, 4) is 0 Å². The first-order chi connectivity index (χ1) is 40.0. The second-order valence-electron chi connectivity index (χ2n) is 19.1. The Labute approximate surface area is 494 Å². The first-order valence-corrected chi connectivity index (χ1v) is 30.9. The smallest absolute Gasteiger partial charge is 0.306 e. The molecule has 1 unspecified atom stereocenters. The molecule has 0 saturated carbocycles. The van der Waals surface area contributed by atoms with Gasteiger partial charge in [0.25, 0.3) is 0 Å². The van der Waals surface area contributed by atoms with Crippen molar-refractivity contribution in [3.05, 3.63) is 231 Å². The molecule has 0 N–H and O–H groups in total. The van der Waals surface area contributed by atoms with Crippen LogP contribution in [0.3, 0.4) is 0 Å². The summed E-state index contributed by atoms with van der Waals surface area (Å²) in [6, 6.07) is 0. The van der Waals surface area contributed by atoms with Gasteiger partial charge in [0.2, 0.25) is 0 Å². The summed E-state index contributed by atoms with van der Waals surface area (Å²) in [5.41, 5.74) is 0. The Morgan fingerprint density at radius 1 is 0.247 bits per heavy atom. The number of carbonyl (C=O) groups is 3. The van der Waals surface area contributed by atoms with Gasteiger partial charge in [-0.15, -0.1) is 0 Å². The Bertz CT molecular complexity index is 2090. The third kappa shape index (κ3) is 64.2. The van der Waals surface area contributed by atoms with E-state index in [2.05, 4.69) is 252 Å². The molecule has 0 saturated heterocycles. The summed E-state index contributed by atoms with van der Waals surface area (Å²) in [7, 11) is 0.